The highest BCUT2D eigenvalue weighted by molar-refractivity contribution is 6.03. The zero-order valence-electron chi connectivity index (χ0n) is 10.5. The van der Waals surface area contributed by atoms with Gasteiger partial charge in [0.05, 0.1) is 0 Å². The molecule has 4 rings (SSSR count). The van der Waals surface area contributed by atoms with Crippen LogP contribution in [0.1, 0.15) is 0 Å². The van der Waals surface area contributed by atoms with Crippen LogP contribution in [0.25, 0.3) is 27.9 Å². The second kappa shape index (κ2) is 4.06. The first-order valence-corrected chi connectivity index (χ1v) is 6.29. The number of fused-ring (bicyclic) bond motifs is 3. The standard InChI is InChI=1S/C16H10N2O2/c19-15-9-8-13-16(11-5-1-2-6-12(11)20-13)18(15)14-7-3-4-10-17-14/h1-10H. The van der Waals surface area contributed by atoms with Crippen LogP contribution in [0.15, 0.2) is 70.0 Å². The molecule has 20 heavy (non-hydrogen) atoms. The maximum Gasteiger partial charge on any atom is 0.257 e. The lowest BCUT2D eigenvalue weighted by atomic mass is 10.2. The van der Waals surface area contributed by atoms with Crippen LogP contribution in [-0.4, -0.2) is 9.55 Å². The smallest absolute Gasteiger partial charge is 0.257 e. The van der Waals surface area contributed by atoms with Gasteiger partial charge in [0.25, 0.3) is 5.56 Å². The molecular formula is C16H10N2O2. The summed E-state index contributed by atoms with van der Waals surface area (Å²) in [6.07, 6.45) is 1.67. The Kier molecular flexibility index (Phi) is 2.23. The number of rotatable bonds is 1. The summed E-state index contributed by atoms with van der Waals surface area (Å²) in [6, 6.07) is 16.4. The van der Waals surface area contributed by atoms with Crippen molar-refractivity contribution in [3.05, 3.63) is 71.1 Å². The van der Waals surface area contributed by atoms with Crippen molar-refractivity contribution in [2.75, 3.05) is 0 Å². The number of para-hydroxylation sites is 1. The summed E-state index contributed by atoms with van der Waals surface area (Å²) >= 11 is 0. The molecule has 0 N–H and O–H groups in total. The van der Waals surface area contributed by atoms with E-state index in [0.29, 0.717) is 11.4 Å². The SMILES string of the molecule is O=c1ccc2oc3ccccc3c2n1-c1ccccn1. The van der Waals surface area contributed by atoms with Crippen molar-refractivity contribution in [1.82, 2.24) is 9.55 Å². The molecule has 1 aromatic carbocycles. The zero-order chi connectivity index (χ0) is 13.5. The van der Waals surface area contributed by atoms with Crippen LogP contribution in [0.4, 0.5) is 0 Å². The number of benzene rings is 1. The largest absolute Gasteiger partial charge is 0.454 e. The lowest BCUT2D eigenvalue weighted by Gasteiger charge is -2.05. The van der Waals surface area contributed by atoms with E-state index in [4.69, 9.17) is 4.42 Å². The quantitative estimate of drug-likeness (QED) is 0.529. The van der Waals surface area contributed by atoms with Gasteiger partial charge in [-0.15, -0.1) is 0 Å². The van der Waals surface area contributed by atoms with E-state index < -0.39 is 0 Å². The zero-order valence-corrected chi connectivity index (χ0v) is 10.5. The van der Waals surface area contributed by atoms with Crippen LogP contribution in [-0.2, 0) is 0 Å². The van der Waals surface area contributed by atoms with E-state index in [9.17, 15) is 4.79 Å². The molecule has 96 valence electrons. The van der Waals surface area contributed by atoms with Crippen molar-refractivity contribution in [1.29, 1.82) is 0 Å². The summed E-state index contributed by atoms with van der Waals surface area (Å²) in [7, 11) is 0. The van der Waals surface area contributed by atoms with Crippen molar-refractivity contribution in [2.45, 2.75) is 0 Å². The molecule has 0 saturated heterocycles. The minimum atomic E-state index is -0.122. The fourth-order valence-corrected chi connectivity index (χ4v) is 2.44. The molecule has 0 radical (unpaired) electrons. The van der Waals surface area contributed by atoms with E-state index >= 15 is 0 Å². The van der Waals surface area contributed by atoms with E-state index in [1.165, 1.54) is 6.07 Å². The Hall–Kier alpha value is -2.88. The van der Waals surface area contributed by atoms with Crippen LogP contribution in [0, 0.1) is 0 Å². The third-order valence-electron chi connectivity index (χ3n) is 3.30. The van der Waals surface area contributed by atoms with Crippen LogP contribution >= 0.6 is 0 Å². The van der Waals surface area contributed by atoms with Gasteiger partial charge in [0.1, 0.15) is 16.9 Å². The van der Waals surface area contributed by atoms with Crippen LogP contribution in [0.3, 0.4) is 0 Å². The van der Waals surface area contributed by atoms with Gasteiger partial charge in [0.2, 0.25) is 0 Å². The third-order valence-corrected chi connectivity index (χ3v) is 3.30. The summed E-state index contributed by atoms with van der Waals surface area (Å²) in [6.45, 7) is 0. The molecule has 4 aromatic rings. The van der Waals surface area contributed by atoms with Gasteiger partial charge in [0, 0.05) is 17.6 Å². The molecule has 0 unspecified atom stereocenters. The van der Waals surface area contributed by atoms with Crippen LogP contribution in [0.2, 0.25) is 0 Å². The Balaban J connectivity index is 2.24. The summed E-state index contributed by atoms with van der Waals surface area (Å²) in [5.74, 6) is 0.592. The van der Waals surface area contributed by atoms with Crippen molar-refractivity contribution >= 4 is 22.1 Å². The summed E-state index contributed by atoms with van der Waals surface area (Å²) in [5.41, 5.74) is 2.07. The van der Waals surface area contributed by atoms with Gasteiger partial charge < -0.3 is 4.42 Å². The summed E-state index contributed by atoms with van der Waals surface area (Å²) < 4.78 is 7.37. The van der Waals surface area contributed by atoms with Crippen molar-refractivity contribution in [3.63, 3.8) is 0 Å². The molecular weight excluding hydrogens is 252 g/mol. The van der Waals surface area contributed by atoms with Crippen molar-refractivity contribution < 1.29 is 4.42 Å². The van der Waals surface area contributed by atoms with E-state index in [1.54, 1.807) is 16.8 Å². The molecule has 4 heteroatoms. The lowest BCUT2D eigenvalue weighted by Crippen LogP contribution is -2.17. The van der Waals surface area contributed by atoms with Gasteiger partial charge in [0.15, 0.2) is 5.58 Å². The van der Waals surface area contributed by atoms with E-state index in [1.807, 2.05) is 42.5 Å². The van der Waals surface area contributed by atoms with E-state index in [0.717, 1.165) is 16.5 Å². The molecule has 3 aromatic heterocycles. The van der Waals surface area contributed by atoms with Crippen molar-refractivity contribution in [3.8, 4) is 5.82 Å². The second-order valence-electron chi connectivity index (χ2n) is 4.51. The molecule has 4 nitrogen and oxygen atoms in total. The summed E-state index contributed by atoms with van der Waals surface area (Å²) in [5, 5.41) is 0.908. The van der Waals surface area contributed by atoms with Gasteiger partial charge in [-0.3, -0.25) is 9.36 Å². The van der Waals surface area contributed by atoms with Gasteiger partial charge in [-0.2, -0.15) is 0 Å². The first kappa shape index (κ1) is 11.0. The Morgan fingerprint density at radius 2 is 1.75 bits per heavy atom. The van der Waals surface area contributed by atoms with Crippen molar-refractivity contribution in [2.24, 2.45) is 0 Å². The number of hydrogen-bond acceptors (Lipinski definition) is 3. The molecule has 0 bridgehead atoms. The number of hydrogen-bond donors (Lipinski definition) is 0. The number of nitrogens with zero attached hydrogens (tertiary/aromatic N) is 2. The first-order chi connectivity index (χ1) is 9.84. The van der Waals surface area contributed by atoms with Gasteiger partial charge >= 0.3 is 0 Å². The fraction of sp³-hybridized carbons (Fsp3) is 0. The number of pyridine rings is 2. The third kappa shape index (κ3) is 1.48. The predicted octanol–water partition coefficient (Wildman–Crippen LogP) is 3.13. The minimum absolute atomic E-state index is 0.122. The highest BCUT2D eigenvalue weighted by Gasteiger charge is 2.13. The average Bonchev–Trinajstić information content (AvgIpc) is 2.87. The monoisotopic (exact) mass is 262 g/mol. The lowest BCUT2D eigenvalue weighted by molar-refractivity contribution is 0.666. The second-order valence-corrected chi connectivity index (χ2v) is 4.51. The molecule has 0 spiro atoms. The topological polar surface area (TPSA) is 48.0 Å². The van der Waals surface area contributed by atoms with E-state index in [-0.39, 0.29) is 5.56 Å². The van der Waals surface area contributed by atoms with Gasteiger partial charge in [-0.05, 0) is 30.3 Å². The van der Waals surface area contributed by atoms with Crippen LogP contribution < -0.4 is 5.56 Å². The minimum Gasteiger partial charge on any atom is -0.454 e. The molecule has 0 atom stereocenters. The van der Waals surface area contributed by atoms with E-state index in [2.05, 4.69) is 4.98 Å². The molecule has 0 aliphatic heterocycles. The van der Waals surface area contributed by atoms with Gasteiger partial charge in [-0.25, -0.2) is 4.98 Å². The highest BCUT2D eigenvalue weighted by Crippen LogP contribution is 2.28. The molecule has 0 amide bonds. The number of furan rings is 1. The Bertz CT molecular complexity index is 968. The Morgan fingerprint density at radius 3 is 2.60 bits per heavy atom. The normalized spacial score (nSPS) is 11.2. The average molecular weight is 262 g/mol. The maximum atomic E-state index is 12.3. The summed E-state index contributed by atoms with van der Waals surface area (Å²) in [4.78, 5) is 16.5. The molecule has 3 heterocycles. The predicted molar refractivity (Wildman–Crippen MR) is 77.1 cm³/mol. The molecule has 0 fully saturated rings. The Morgan fingerprint density at radius 1 is 0.900 bits per heavy atom. The number of aromatic nitrogens is 2. The fourth-order valence-electron chi connectivity index (χ4n) is 2.44. The maximum absolute atomic E-state index is 12.3. The van der Waals surface area contributed by atoms with Crippen LogP contribution in [0.5, 0.6) is 0 Å². The molecule has 0 aliphatic rings. The van der Waals surface area contributed by atoms with Gasteiger partial charge in [-0.1, -0.05) is 18.2 Å². The molecule has 0 saturated carbocycles. The molecule has 0 aliphatic carbocycles. The highest BCUT2D eigenvalue weighted by atomic mass is 16.3. The Labute approximate surface area is 113 Å². The first-order valence-electron chi connectivity index (χ1n) is 6.29.